The summed E-state index contributed by atoms with van der Waals surface area (Å²) in [4.78, 5) is 32.7. The number of aromatic nitrogens is 1. The van der Waals surface area contributed by atoms with Gasteiger partial charge in [-0.15, -0.1) is 11.3 Å². The van der Waals surface area contributed by atoms with Crippen LogP contribution in [-0.4, -0.2) is 91.1 Å². The van der Waals surface area contributed by atoms with Crippen molar-refractivity contribution in [1.29, 1.82) is 0 Å². The van der Waals surface area contributed by atoms with E-state index in [9.17, 15) is 23.1 Å². The Hall–Kier alpha value is -3.36. The van der Waals surface area contributed by atoms with Gasteiger partial charge in [-0.2, -0.15) is 4.31 Å². The molecule has 4 rings (SSSR count). The summed E-state index contributed by atoms with van der Waals surface area (Å²) in [5.41, 5.74) is 1.07. The van der Waals surface area contributed by atoms with Crippen LogP contribution in [-0.2, 0) is 14.8 Å². The number of hydrogen-bond acceptors (Lipinski definition) is 9. The Morgan fingerprint density at radius 3 is 2.64 bits per heavy atom. The van der Waals surface area contributed by atoms with Crippen molar-refractivity contribution in [2.75, 3.05) is 38.7 Å². The van der Waals surface area contributed by atoms with Gasteiger partial charge in [-0.25, -0.2) is 8.42 Å². The Balaban J connectivity index is 1.65. The molecule has 0 saturated carbocycles. The molecule has 13 heteroatoms. The summed E-state index contributed by atoms with van der Waals surface area (Å²) in [6.45, 7) is 6.01. The van der Waals surface area contributed by atoms with Gasteiger partial charge in [0.1, 0.15) is 9.96 Å². The van der Waals surface area contributed by atoms with E-state index in [0.717, 1.165) is 24.2 Å². The predicted molar refractivity (Wildman–Crippen MR) is 173 cm³/mol. The van der Waals surface area contributed by atoms with Crippen LogP contribution in [0.2, 0.25) is 0 Å². The van der Waals surface area contributed by atoms with Crippen LogP contribution in [0.15, 0.2) is 64.4 Å². The Bertz CT molecular complexity index is 1520. The van der Waals surface area contributed by atoms with Crippen molar-refractivity contribution in [3.63, 3.8) is 0 Å². The molecule has 0 radical (unpaired) electrons. The zero-order valence-electron chi connectivity index (χ0n) is 26.1. The molecule has 244 valence electrons. The molecule has 3 heterocycles. The van der Waals surface area contributed by atoms with Gasteiger partial charge in [0.15, 0.2) is 0 Å². The van der Waals surface area contributed by atoms with Gasteiger partial charge in [0, 0.05) is 56.3 Å². The lowest BCUT2D eigenvalue weighted by molar-refractivity contribution is -0.00832. The maximum atomic E-state index is 14.3. The number of aliphatic hydroxyl groups excluding tert-OH is 1. The minimum atomic E-state index is -3.71. The molecular formula is C32H42N4O7S2. The lowest BCUT2D eigenvalue weighted by atomic mass is 10.0. The Kier molecular flexibility index (Phi) is 12.1. The number of thiophene rings is 1. The number of likely N-dealkylation sites (N-methyl/N-ethyl adjacent to an activating group) is 1. The number of nitrogens with one attached hydrogen (secondary N) is 1. The van der Waals surface area contributed by atoms with Crippen molar-refractivity contribution >= 4 is 38.9 Å². The summed E-state index contributed by atoms with van der Waals surface area (Å²) in [5, 5.41) is 14.7. The van der Waals surface area contributed by atoms with Gasteiger partial charge in [-0.3, -0.25) is 14.6 Å². The number of anilines is 1. The van der Waals surface area contributed by atoms with E-state index < -0.39 is 22.2 Å². The SMILES string of the molecule is C[C@@H]1CCCCO[C@H](CN(C)S(=O)(=O)c2cccs2)[C@H](C)CN([C@@H](C)CO)C(=O)c2cc(NC(=O)c3ccncc3)ccc2O1. The summed E-state index contributed by atoms with van der Waals surface area (Å²) in [7, 11) is -2.18. The fraction of sp³-hybridized carbons (Fsp3) is 0.469. The standard InChI is InChI=1S/C32H42N4O7S2/c1-22-19-36(23(2)21-37)32(39)27-18-26(34-31(38)25-12-14-33-15-13-25)10-11-28(27)43-24(3)8-5-6-16-42-29(22)20-35(4)45(40,41)30-9-7-17-44-30/h7,9-15,17-18,22-24,29,37H,5-6,8,16,19-21H2,1-4H3,(H,34,38)/t22-,23+,24-,29-/m1/s1. The third-order valence-electron chi connectivity index (χ3n) is 7.85. The number of ether oxygens (including phenoxy) is 2. The van der Waals surface area contributed by atoms with Gasteiger partial charge in [0.05, 0.1) is 30.4 Å². The Morgan fingerprint density at radius 2 is 1.96 bits per heavy atom. The molecular weight excluding hydrogens is 617 g/mol. The largest absolute Gasteiger partial charge is 0.490 e. The number of aliphatic hydroxyl groups is 1. The number of hydrogen-bond donors (Lipinski definition) is 2. The van der Waals surface area contributed by atoms with E-state index in [-0.39, 0.29) is 53.3 Å². The average Bonchev–Trinajstić information content (AvgIpc) is 3.59. The molecule has 0 spiro atoms. The molecule has 2 amide bonds. The maximum Gasteiger partial charge on any atom is 0.258 e. The maximum absolute atomic E-state index is 14.3. The molecule has 1 aromatic carbocycles. The Labute approximate surface area is 269 Å². The van der Waals surface area contributed by atoms with Crippen molar-refractivity contribution in [1.82, 2.24) is 14.2 Å². The summed E-state index contributed by atoms with van der Waals surface area (Å²) < 4.78 is 40.5. The van der Waals surface area contributed by atoms with Gasteiger partial charge in [0.25, 0.3) is 21.8 Å². The summed E-state index contributed by atoms with van der Waals surface area (Å²) >= 11 is 1.16. The molecule has 0 unspecified atom stereocenters. The average molecular weight is 659 g/mol. The van der Waals surface area contributed by atoms with E-state index in [2.05, 4.69) is 10.3 Å². The topological polar surface area (TPSA) is 138 Å². The second kappa shape index (κ2) is 15.8. The highest BCUT2D eigenvalue weighted by atomic mass is 32.2. The van der Waals surface area contributed by atoms with Gasteiger partial charge in [-0.1, -0.05) is 13.0 Å². The summed E-state index contributed by atoms with van der Waals surface area (Å²) in [5.74, 6) is -0.662. The van der Waals surface area contributed by atoms with Gasteiger partial charge >= 0.3 is 0 Å². The van der Waals surface area contributed by atoms with E-state index >= 15 is 0 Å². The molecule has 1 aliphatic rings. The summed E-state index contributed by atoms with van der Waals surface area (Å²) in [6.07, 6.45) is 4.59. The first-order valence-corrected chi connectivity index (χ1v) is 17.4. The monoisotopic (exact) mass is 658 g/mol. The number of carbonyl (C=O) groups excluding carboxylic acids is 2. The number of carbonyl (C=O) groups is 2. The quantitative estimate of drug-likeness (QED) is 0.361. The highest BCUT2D eigenvalue weighted by molar-refractivity contribution is 7.91. The second-order valence-corrected chi connectivity index (χ2v) is 14.6. The van der Waals surface area contributed by atoms with Crippen LogP contribution < -0.4 is 10.1 Å². The molecule has 11 nitrogen and oxygen atoms in total. The summed E-state index contributed by atoms with van der Waals surface area (Å²) in [6, 6.07) is 10.9. The zero-order valence-corrected chi connectivity index (χ0v) is 27.7. The van der Waals surface area contributed by atoms with Crippen LogP contribution in [0, 0.1) is 5.92 Å². The number of rotatable bonds is 8. The highest BCUT2D eigenvalue weighted by Crippen LogP contribution is 2.29. The van der Waals surface area contributed by atoms with E-state index in [1.807, 2.05) is 13.8 Å². The molecule has 45 heavy (non-hydrogen) atoms. The number of nitrogens with zero attached hydrogens (tertiary/aromatic N) is 3. The van der Waals surface area contributed by atoms with Crippen molar-refractivity contribution < 1.29 is 32.6 Å². The van der Waals surface area contributed by atoms with Gasteiger partial charge < -0.3 is 24.8 Å². The fourth-order valence-corrected chi connectivity index (χ4v) is 7.47. The minimum Gasteiger partial charge on any atom is -0.490 e. The van der Waals surface area contributed by atoms with Crippen molar-refractivity contribution in [3.05, 3.63) is 71.4 Å². The van der Waals surface area contributed by atoms with E-state index in [1.54, 1.807) is 59.7 Å². The van der Waals surface area contributed by atoms with Crippen molar-refractivity contribution in [3.8, 4) is 5.75 Å². The van der Waals surface area contributed by atoms with Crippen molar-refractivity contribution in [2.24, 2.45) is 5.92 Å². The molecule has 0 bridgehead atoms. The molecule has 1 aliphatic heterocycles. The third-order valence-corrected chi connectivity index (χ3v) is 11.0. The van der Waals surface area contributed by atoms with Crippen LogP contribution in [0.4, 0.5) is 5.69 Å². The van der Waals surface area contributed by atoms with Gasteiger partial charge in [0.2, 0.25) is 0 Å². The smallest absolute Gasteiger partial charge is 0.258 e. The number of pyridine rings is 1. The normalized spacial score (nSPS) is 21.0. The third kappa shape index (κ3) is 8.88. The first-order valence-electron chi connectivity index (χ1n) is 15.1. The second-order valence-electron chi connectivity index (χ2n) is 11.4. The predicted octanol–water partition coefficient (Wildman–Crippen LogP) is 4.51. The fourth-order valence-electron chi connectivity index (χ4n) is 5.08. The van der Waals surface area contributed by atoms with Crippen LogP contribution in [0.1, 0.15) is 60.7 Å². The van der Waals surface area contributed by atoms with E-state index in [4.69, 9.17) is 9.47 Å². The molecule has 2 N–H and O–H groups in total. The van der Waals surface area contributed by atoms with Crippen LogP contribution in [0.5, 0.6) is 5.75 Å². The van der Waals surface area contributed by atoms with Gasteiger partial charge in [-0.05, 0) is 74.9 Å². The minimum absolute atomic E-state index is 0.0955. The molecule has 0 aliphatic carbocycles. The van der Waals surface area contributed by atoms with Crippen LogP contribution in [0.25, 0.3) is 0 Å². The molecule has 2 aromatic heterocycles. The number of fused-ring (bicyclic) bond motifs is 1. The number of sulfonamides is 1. The van der Waals surface area contributed by atoms with E-state index in [0.29, 0.717) is 30.0 Å². The lowest BCUT2D eigenvalue weighted by Crippen LogP contribution is -2.48. The molecule has 0 saturated heterocycles. The lowest BCUT2D eigenvalue weighted by Gasteiger charge is -2.35. The van der Waals surface area contributed by atoms with E-state index in [1.165, 1.54) is 23.7 Å². The first-order chi connectivity index (χ1) is 21.5. The molecule has 3 aromatic rings. The first kappa shape index (κ1) is 34.5. The zero-order chi connectivity index (χ0) is 32.6. The van der Waals surface area contributed by atoms with Crippen LogP contribution in [0.3, 0.4) is 0 Å². The molecule has 0 fully saturated rings. The van der Waals surface area contributed by atoms with Crippen molar-refractivity contribution in [2.45, 2.75) is 62.5 Å². The highest BCUT2D eigenvalue weighted by Gasteiger charge is 2.32. The van der Waals surface area contributed by atoms with Crippen LogP contribution >= 0.6 is 11.3 Å². The number of benzene rings is 1. The molecule has 4 atom stereocenters. The number of amides is 2. The Morgan fingerprint density at radius 1 is 1.20 bits per heavy atom.